The summed E-state index contributed by atoms with van der Waals surface area (Å²) in [5.41, 5.74) is -0.140. The van der Waals surface area contributed by atoms with Gasteiger partial charge in [-0.05, 0) is 26.0 Å². The molecular formula is C14H20N2O7. The van der Waals surface area contributed by atoms with Crippen LogP contribution in [0.4, 0.5) is 11.4 Å². The number of aliphatic hydroxyl groups is 3. The summed E-state index contributed by atoms with van der Waals surface area (Å²) >= 11 is 0. The molecule has 0 unspecified atom stereocenters. The Morgan fingerprint density at radius 3 is 2.61 bits per heavy atom. The molecule has 0 bridgehead atoms. The van der Waals surface area contributed by atoms with E-state index in [1.165, 1.54) is 19.1 Å². The SMILES string of the molecule is CCOc1ccc(N[C@@H]2O[C@@H](C)[C@@H](O)[C@@H](O)[C@@H]2O)c([N+](=O)[O-])c1. The Labute approximate surface area is 132 Å². The second-order valence-corrected chi connectivity index (χ2v) is 5.25. The summed E-state index contributed by atoms with van der Waals surface area (Å²) in [6, 6.07) is 4.24. The van der Waals surface area contributed by atoms with Crippen LogP contribution in [0.1, 0.15) is 13.8 Å². The second-order valence-electron chi connectivity index (χ2n) is 5.25. The molecule has 23 heavy (non-hydrogen) atoms. The molecule has 1 aliphatic rings. The third kappa shape index (κ3) is 3.70. The minimum absolute atomic E-state index is 0.110. The largest absolute Gasteiger partial charge is 0.494 e. The normalized spacial score (nSPS) is 30.7. The average molecular weight is 328 g/mol. The first-order valence-electron chi connectivity index (χ1n) is 7.22. The van der Waals surface area contributed by atoms with Crippen LogP contribution in [0.3, 0.4) is 0 Å². The number of nitrogens with one attached hydrogen (secondary N) is 1. The van der Waals surface area contributed by atoms with Crippen molar-refractivity contribution in [3.63, 3.8) is 0 Å². The number of ether oxygens (including phenoxy) is 2. The van der Waals surface area contributed by atoms with Crippen molar-refractivity contribution >= 4 is 11.4 Å². The van der Waals surface area contributed by atoms with Gasteiger partial charge in [0, 0.05) is 0 Å². The van der Waals surface area contributed by atoms with E-state index in [1.807, 2.05) is 0 Å². The first kappa shape index (κ1) is 17.4. The molecule has 0 aromatic heterocycles. The Morgan fingerprint density at radius 1 is 1.30 bits per heavy atom. The Morgan fingerprint density at radius 2 is 2.00 bits per heavy atom. The van der Waals surface area contributed by atoms with Gasteiger partial charge < -0.3 is 30.1 Å². The molecule has 1 heterocycles. The molecule has 1 fully saturated rings. The van der Waals surface area contributed by atoms with E-state index < -0.39 is 35.6 Å². The maximum Gasteiger partial charge on any atom is 0.296 e. The van der Waals surface area contributed by atoms with Gasteiger partial charge in [0.25, 0.3) is 5.69 Å². The van der Waals surface area contributed by atoms with Gasteiger partial charge in [-0.3, -0.25) is 10.1 Å². The number of rotatable bonds is 5. The lowest BCUT2D eigenvalue weighted by Gasteiger charge is -2.39. The van der Waals surface area contributed by atoms with Crippen molar-refractivity contribution in [3.05, 3.63) is 28.3 Å². The van der Waals surface area contributed by atoms with E-state index in [-0.39, 0.29) is 11.4 Å². The van der Waals surface area contributed by atoms with Gasteiger partial charge >= 0.3 is 0 Å². The van der Waals surface area contributed by atoms with Gasteiger partial charge in [0.15, 0.2) is 6.23 Å². The predicted molar refractivity (Wildman–Crippen MR) is 80.2 cm³/mol. The summed E-state index contributed by atoms with van der Waals surface area (Å²) in [6.07, 6.45) is -5.93. The van der Waals surface area contributed by atoms with Crippen molar-refractivity contribution in [3.8, 4) is 5.75 Å². The van der Waals surface area contributed by atoms with Crippen LogP contribution in [0, 0.1) is 10.1 Å². The number of anilines is 1. The summed E-state index contributed by atoms with van der Waals surface area (Å²) in [4.78, 5) is 10.6. The van der Waals surface area contributed by atoms with Gasteiger partial charge in [0.2, 0.25) is 0 Å². The van der Waals surface area contributed by atoms with Crippen molar-refractivity contribution in [2.24, 2.45) is 0 Å². The van der Waals surface area contributed by atoms with Crippen molar-refractivity contribution in [1.82, 2.24) is 0 Å². The second kappa shape index (κ2) is 7.09. The molecule has 1 saturated heterocycles. The molecule has 0 spiro atoms. The molecule has 4 N–H and O–H groups in total. The zero-order chi connectivity index (χ0) is 17.1. The molecular weight excluding hydrogens is 308 g/mol. The minimum atomic E-state index is -1.44. The van der Waals surface area contributed by atoms with Gasteiger partial charge in [-0.1, -0.05) is 0 Å². The smallest absolute Gasteiger partial charge is 0.296 e. The molecule has 2 rings (SSSR count). The summed E-state index contributed by atoms with van der Waals surface area (Å²) in [5, 5.41) is 43.3. The topological polar surface area (TPSA) is 134 Å². The highest BCUT2D eigenvalue weighted by Crippen LogP contribution is 2.31. The average Bonchev–Trinajstić information content (AvgIpc) is 2.52. The number of nitrogens with zero attached hydrogens (tertiary/aromatic N) is 1. The number of benzene rings is 1. The van der Waals surface area contributed by atoms with Crippen LogP contribution in [0.25, 0.3) is 0 Å². The fraction of sp³-hybridized carbons (Fsp3) is 0.571. The van der Waals surface area contributed by atoms with Gasteiger partial charge in [-0.15, -0.1) is 0 Å². The highest BCUT2D eigenvalue weighted by atomic mass is 16.6. The highest BCUT2D eigenvalue weighted by molar-refractivity contribution is 5.64. The van der Waals surface area contributed by atoms with Crippen LogP contribution < -0.4 is 10.1 Å². The maximum absolute atomic E-state index is 11.2. The zero-order valence-electron chi connectivity index (χ0n) is 12.7. The molecule has 128 valence electrons. The lowest BCUT2D eigenvalue weighted by atomic mass is 9.99. The van der Waals surface area contributed by atoms with Gasteiger partial charge in [-0.25, -0.2) is 0 Å². The fourth-order valence-corrected chi connectivity index (χ4v) is 2.36. The Bertz CT molecular complexity index is 568. The predicted octanol–water partition coefficient (Wildman–Crippen LogP) is 0.233. The molecule has 9 nitrogen and oxygen atoms in total. The summed E-state index contributed by atoms with van der Waals surface area (Å²) in [7, 11) is 0. The monoisotopic (exact) mass is 328 g/mol. The molecule has 0 radical (unpaired) electrons. The van der Waals surface area contributed by atoms with Crippen molar-refractivity contribution < 1.29 is 29.7 Å². The molecule has 9 heteroatoms. The Hall–Kier alpha value is -1.94. The summed E-state index contributed by atoms with van der Waals surface area (Å²) in [6.45, 7) is 3.66. The fourth-order valence-electron chi connectivity index (χ4n) is 2.36. The van der Waals surface area contributed by atoms with Crippen molar-refractivity contribution in [2.45, 2.75) is 44.5 Å². The van der Waals surface area contributed by atoms with E-state index in [9.17, 15) is 25.4 Å². The highest BCUT2D eigenvalue weighted by Gasteiger charge is 2.42. The maximum atomic E-state index is 11.2. The third-order valence-corrected chi connectivity index (χ3v) is 3.63. The van der Waals surface area contributed by atoms with Crippen LogP contribution in [-0.4, -0.2) is 57.5 Å². The van der Waals surface area contributed by atoms with Crippen molar-refractivity contribution in [2.75, 3.05) is 11.9 Å². The molecule has 0 amide bonds. The number of aliphatic hydroxyl groups excluding tert-OH is 3. The molecule has 1 aromatic rings. The number of hydrogen-bond donors (Lipinski definition) is 4. The lowest BCUT2D eigenvalue weighted by Crippen LogP contribution is -2.58. The quantitative estimate of drug-likeness (QED) is 0.446. The standard InChI is InChI=1S/C14H20N2O7/c1-3-22-8-4-5-9(10(6-8)16(20)21)15-14-13(19)12(18)11(17)7(2)23-14/h4-7,11-15,17-19H,3H2,1-2H3/t7-,11+,12+,13-,14+/m0/s1. The zero-order valence-corrected chi connectivity index (χ0v) is 12.7. The van der Waals surface area contributed by atoms with Gasteiger partial charge in [-0.2, -0.15) is 0 Å². The van der Waals surface area contributed by atoms with Gasteiger partial charge in [0.05, 0.1) is 23.7 Å². The summed E-state index contributed by atoms with van der Waals surface area (Å²) in [5.74, 6) is 0.346. The van der Waals surface area contributed by atoms with Crippen LogP contribution >= 0.6 is 0 Å². The Balaban J connectivity index is 2.23. The van der Waals surface area contributed by atoms with Crippen LogP contribution in [0.5, 0.6) is 5.75 Å². The van der Waals surface area contributed by atoms with Crippen LogP contribution in [0.2, 0.25) is 0 Å². The molecule has 0 aliphatic carbocycles. The number of nitro benzene ring substituents is 1. The van der Waals surface area contributed by atoms with E-state index in [1.54, 1.807) is 13.0 Å². The van der Waals surface area contributed by atoms with Crippen LogP contribution in [0.15, 0.2) is 18.2 Å². The molecule has 0 saturated carbocycles. The van der Waals surface area contributed by atoms with Gasteiger partial charge in [0.1, 0.15) is 29.7 Å². The third-order valence-electron chi connectivity index (χ3n) is 3.63. The molecule has 1 aromatic carbocycles. The molecule has 5 atom stereocenters. The van der Waals surface area contributed by atoms with E-state index in [0.29, 0.717) is 12.4 Å². The van der Waals surface area contributed by atoms with Crippen molar-refractivity contribution in [1.29, 1.82) is 0 Å². The first-order chi connectivity index (χ1) is 10.8. The molecule has 1 aliphatic heterocycles. The van der Waals surface area contributed by atoms with E-state index in [4.69, 9.17) is 9.47 Å². The Kier molecular flexibility index (Phi) is 5.37. The lowest BCUT2D eigenvalue weighted by molar-refractivity contribution is -0.384. The van der Waals surface area contributed by atoms with E-state index >= 15 is 0 Å². The van der Waals surface area contributed by atoms with E-state index in [2.05, 4.69) is 5.32 Å². The number of hydrogen-bond acceptors (Lipinski definition) is 8. The van der Waals surface area contributed by atoms with Crippen LogP contribution in [-0.2, 0) is 4.74 Å². The first-order valence-corrected chi connectivity index (χ1v) is 7.22. The number of nitro groups is 1. The summed E-state index contributed by atoms with van der Waals surface area (Å²) < 4.78 is 10.6. The minimum Gasteiger partial charge on any atom is -0.494 e. The van der Waals surface area contributed by atoms with E-state index in [0.717, 1.165) is 0 Å².